The van der Waals surface area contributed by atoms with Crippen LogP contribution in [-0.2, 0) is 4.79 Å². The highest BCUT2D eigenvalue weighted by Gasteiger charge is 2.32. The van der Waals surface area contributed by atoms with Crippen molar-refractivity contribution in [3.05, 3.63) is 70.8 Å². The lowest BCUT2D eigenvalue weighted by molar-refractivity contribution is -0.122. The van der Waals surface area contributed by atoms with E-state index in [1.165, 1.54) is 11.8 Å². The predicted octanol–water partition coefficient (Wildman–Crippen LogP) is 7.27. The van der Waals surface area contributed by atoms with Gasteiger partial charge in [0, 0.05) is 23.9 Å². The third-order valence-electron chi connectivity index (χ3n) is 5.95. The Morgan fingerprint density at radius 1 is 1.14 bits per heavy atom. The number of thioether (sulfide) groups is 1. The number of aryl methyl sites for hydroxylation is 1. The fourth-order valence-corrected chi connectivity index (χ4v) is 5.32. The van der Waals surface area contributed by atoms with E-state index in [0.717, 1.165) is 53.1 Å². The number of thiocarbonyl (C=S) groups is 1. The lowest BCUT2D eigenvalue weighted by Crippen LogP contribution is -2.28. The number of ether oxygens (including phenoxy) is 1. The number of carbonyl (C=O) groups excluding carboxylic acids is 1. The van der Waals surface area contributed by atoms with Gasteiger partial charge in [0.1, 0.15) is 15.8 Å². The van der Waals surface area contributed by atoms with Gasteiger partial charge in [-0.2, -0.15) is 5.10 Å². The number of amides is 1. The van der Waals surface area contributed by atoms with Crippen LogP contribution in [0, 0.1) is 12.8 Å². The van der Waals surface area contributed by atoms with Gasteiger partial charge in [0.2, 0.25) is 0 Å². The minimum Gasteiger partial charge on any atom is -0.493 e. The molecule has 188 valence electrons. The third-order valence-corrected chi connectivity index (χ3v) is 7.32. The molecule has 0 saturated carbocycles. The maximum absolute atomic E-state index is 13.2. The number of carbonyl (C=O) groups is 1. The van der Waals surface area contributed by atoms with Crippen molar-refractivity contribution in [3.63, 3.8) is 0 Å². The van der Waals surface area contributed by atoms with Crippen LogP contribution in [0.5, 0.6) is 5.75 Å². The van der Waals surface area contributed by atoms with Crippen molar-refractivity contribution >= 4 is 40.3 Å². The molecule has 5 nitrogen and oxygen atoms in total. The second-order valence-electron chi connectivity index (χ2n) is 9.44. The number of hydrogen-bond acceptors (Lipinski definition) is 5. The summed E-state index contributed by atoms with van der Waals surface area (Å²) in [4.78, 5) is 15.6. The molecule has 4 rings (SSSR count). The SMILES string of the molecule is CCCCCN1C(=O)/C(=C/c2cn(-c3ccccc3)nc2-c2ccc(OCC(C)C)cc2C)SC1=S. The Kier molecular flexibility index (Phi) is 8.64. The smallest absolute Gasteiger partial charge is 0.266 e. The number of rotatable bonds is 10. The van der Waals surface area contributed by atoms with Crippen LogP contribution >= 0.6 is 24.0 Å². The van der Waals surface area contributed by atoms with Gasteiger partial charge in [-0.15, -0.1) is 0 Å². The van der Waals surface area contributed by atoms with Gasteiger partial charge in [0.05, 0.1) is 17.2 Å². The first-order chi connectivity index (χ1) is 17.4. The zero-order valence-electron chi connectivity index (χ0n) is 21.4. The van der Waals surface area contributed by atoms with Gasteiger partial charge in [0.15, 0.2) is 0 Å². The van der Waals surface area contributed by atoms with Crippen molar-refractivity contribution in [1.29, 1.82) is 0 Å². The number of aromatic nitrogens is 2. The molecule has 0 atom stereocenters. The second kappa shape index (κ2) is 11.9. The lowest BCUT2D eigenvalue weighted by Gasteiger charge is -2.13. The Morgan fingerprint density at radius 2 is 1.92 bits per heavy atom. The molecule has 36 heavy (non-hydrogen) atoms. The summed E-state index contributed by atoms with van der Waals surface area (Å²) in [5, 5.41) is 4.95. The van der Waals surface area contributed by atoms with Crippen LogP contribution in [0.15, 0.2) is 59.6 Å². The average molecular weight is 520 g/mol. The summed E-state index contributed by atoms with van der Waals surface area (Å²) >= 11 is 6.91. The summed E-state index contributed by atoms with van der Waals surface area (Å²) in [6.07, 6.45) is 7.06. The normalized spacial score (nSPS) is 14.9. The minimum atomic E-state index is -0.0198. The van der Waals surface area contributed by atoms with Gasteiger partial charge in [-0.05, 0) is 61.2 Å². The molecular weight excluding hydrogens is 486 g/mol. The molecule has 0 aliphatic carbocycles. The van der Waals surface area contributed by atoms with Crippen LogP contribution in [-0.4, -0.2) is 38.1 Å². The van der Waals surface area contributed by atoms with E-state index in [1.54, 1.807) is 4.90 Å². The van der Waals surface area contributed by atoms with E-state index in [2.05, 4.69) is 39.8 Å². The minimum absolute atomic E-state index is 0.0198. The molecule has 7 heteroatoms. The summed E-state index contributed by atoms with van der Waals surface area (Å²) < 4.78 is 8.42. The van der Waals surface area contributed by atoms with Gasteiger partial charge in [-0.1, -0.05) is 75.8 Å². The van der Waals surface area contributed by atoms with Crippen LogP contribution < -0.4 is 4.74 Å². The van der Waals surface area contributed by atoms with E-state index < -0.39 is 0 Å². The van der Waals surface area contributed by atoms with Gasteiger partial charge in [-0.25, -0.2) is 4.68 Å². The van der Waals surface area contributed by atoms with Crippen LogP contribution in [0.3, 0.4) is 0 Å². The Morgan fingerprint density at radius 3 is 2.61 bits per heavy atom. The molecule has 1 saturated heterocycles. The summed E-state index contributed by atoms with van der Waals surface area (Å²) in [7, 11) is 0. The zero-order chi connectivity index (χ0) is 25.7. The Balaban J connectivity index is 1.71. The van der Waals surface area contributed by atoms with Crippen molar-refractivity contribution in [3.8, 4) is 22.7 Å². The monoisotopic (exact) mass is 519 g/mol. The highest BCUT2D eigenvalue weighted by atomic mass is 32.2. The highest BCUT2D eigenvalue weighted by Crippen LogP contribution is 2.36. The van der Waals surface area contributed by atoms with Crippen LogP contribution in [0.2, 0.25) is 0 Å². The zero-order valence-corrected chi connectivity index (χ0v) is 23.0. The van der Waals surface area contributed by atoms with E-state index in [9.17, 15) is 4.79 Å². The summed E-state index contributed by atoms with van der Waals surface area (Å²) in [5.74, 6) is 1.29. The van der Waals surface area contributed by atoms with Crippen LogP contribution in [0.25, 0.3) is 23.0 Å². The van der Waals surface area contributed by atoms with Crippen LogP contribution in [0.1, 0.15) is 51.2 Å². The van der Waals surface area contributed by atoms with Crippen molar-refractivity contribution in [1.82, 2.24) is 14.7 Å². The van der Waals surface area contributed by atoms with Crippen molar-refractivity contribution in [2.75, 3.05) is 13.2 Å². The standard InChI is InChI=1S/C29H33N3O2S2/c1-5-6-10-15-31-28(33)26(36-29(31)35)17-22-18-32(23-11-8-7-9-12-23)30-27(22)25-14-13-24(16-21(25)4)34-19-20(2)3/h7-9,11-14,16-18,20H,5-6,10,15,19H2,1-4H3/b26-17-. The molecule has 1 fully saturated rings. The topological polar surface area (TPSA) is 47.4 Å². The number of para-hydroxylation sites is 1. The quantitative estimate of drug-likeness (QED) is 0.160. The Labute approximate surface area is 223 Å². The third kappa shape index (κ3) is 6.08. The van der Waals surface area contributed by atoms with E-state index in [4.69, 9.17) is 22.1 Å². The number of nitrogens with zero attached hydrogens (tertiary/aromatic N) is 3. The number of unbranched alkanes of at least 4 members (excludes halogenated alkanes) is 2. The van der Waals surface area contributed by atoms with Crippen LogP contribution in [0.4, 0.5) is 0 Å². The van der Waals surface area contributed by atoms with Gasteiger partial charge in [0.25, 0.3) is 5.91 Å². The molecule has 0 radical (unpaired) electrons. The van der Waals surface area contributed by atoms with Crippen molar-refractivity contribution in [2.45, 2.75) is 47.0 Å². The second-order valence-corrected chi connectivity index (χ2v) is 11.1. The molecule has 1 aliphatic heterocycles. The van der Waals surface area contributed by atoms with E-state index in [1.807, 2.05) is 53.4 Å². The fourth-order valence-electron chi connectivity index (χ4n) is 4.02. The molecule has 0 unspecified atom stereocenters. The molecule has 1 aliphatic rings. The molecule has 2 heterocycles. The molecule has 1 amide bonds. The number of benzene rings is 2. The maximum atomic E-state index is 13.2. The van der Waals surface area contributed by atoms with Gasteiger partial charge < -0.3 is 4.74 Å². The van der Waals surface area contributed by atoms with Gasteiger partial charge in [-0.3, -0.25) is 9.69 Å². The van der Waals surface area contributed by atoms with Crippen molar-refractivity contribution in [2.24, 2.45) is 5.92 Å². The Hall–Kier alpha value is -2.90. The molecule has 0 spiro atoms. The number of hydrogen-bond donors (Lipinski definition) is 0. The maximum Gasteiger partial charge on any atom is 0.266 e. The molecule has 2 aromatic carbocycles. The fraction of sp³-hybridized carbons (Fsp3) is 0.345. The lowest BCUT2D eigenvalue weighted by atomic mass is 10.0. The average Bonchev–Trinajstić information content (AvgIpc) is 3.39. The van der Waals surface area contributed by atoms with E-state index in [-0.39, 0.29) is 5.91 Å². The summed E-state index contributed by atoms with van der Waals surface area (Å²) in [6, 6.07) is 16.1. The first-order valence-electron chi connectivity index (χ1n) is 12.5. The van der Waals surface area contributed by atoms with E-state index >= 15 is 0 Å². The van der Waals surface area contributed by atoms with Crippen molar-refractivity contribution < 1.29 is 9.53 Å². The first kappa shape index (κ1) is 26.2. The molecular formula is C29H33N3O2S2. The molecule has 3 aromatic rings. The van der Waals surface area contributed by atoms with Gasteiger partial charge >= 0.3 is 0 Å². The molecule has 0 N–H and O–H groups in total. The molecule has 1 aromatic heterocycles. The summed E-state index contributed by atoms with van der Waals surface area (Å²) in [5.41, 5.74) is 4.73. The first-order valence-corrected chi connectivity index (χ1v) is 13.7. The predicted molar refractivity (Wildman–Crippen MR) is 153 cm³/mol. The Bertz CT molecular complexity index is 1260. The highest BCUT2D eigenvalue weighted by molar-refractivity contribution is 8.26. The summed E-state index contributed by atoms with van der Waals surface area (Å²) in [6.45, 7) is 9.83. The largest absolute Gasteiger partial charge is 0.493 e. The molecule has 0 bridgehead atoms. The van der Waals surface area contributed by atoms with E-state index in [0.29, 0.717) is 28.3 Å².